The molecule has 0 amide bonds. The van der Waals surface area contributed by atoms with E-state index in [1.54, 1.807) is 11.3 Å². The van der Waals surface area contributed by atoms with E-state index >= 15 is 0 Å². The van der Waals surface area contributed by atoms with Gasteiger partial charge in [0.05, 0.1) is 4.34 Å². The van der Waals surface area contributed by atoms with Gasteiger partial charge in [0.25, 0.3) is 0 Å². The van der Waals surface area contributed by atoms with Crippen LogP contribution in [0.25, 0.3) is 0 Å². The van der Waals surface area contributed by atoms with Crippen molar-refractivity contribution < 1.29 is 0 Å². The summed E-state index contributed by atoms with van der Waals surface area (Å²) in [5.41, 5.74) is 0. The maximum Gasteiger partial charge on any atom is 0.0931 e. The first-order valence-corrected chi connectivity index (χ1v) is 7.94. The smallest absolute Gasteiger partial charge is 0.0931 e. The second-order valence-electron chi connectivity index (χ2n) is 4.89. The first kappa shape index (κ1) is 16.0. The molecular weight excluding hydrogens is 264 g/mol. The number of nitrogens with zero attached hydrogens (tertiary/aromatic N) is 1. The molecule has 0 aliphatic carbocycles. The Morgan fingerprint density at radius 1 is 1.33 bits per heavy atom. The lowest BCUT2D eigenvalue weighted by Crippen LogP contribution is -2.41. The van der Waals surface area contributed by atoms with Crippen LogP contribution in [0.1, 0.15) is 38.5 Å². The van der Waals surface area contributed by atoms with Gasteiger partial charge in [0, 0.05) is 30.1 Å². The number of rotatable bonds is 8. The molecule has 1 aromatic rings. The molecule has 0 aliphatic heterocycles. The summed E-state index contributed by atoms with van der Waals surface area (Å²) in [6.07, 6.45) is 2.40. The van der Waals surface area contributed by atoms with Gasteiger partial charge in [0.2, 0.25) is 0 Å². The molecule has 2 nitrogen and oxygen atoms in total. The fourth-order valence-electron chi connectivity index (χ4n) is 1.91. The number of halogens is 1. The van der Waals surface area contributed by atoms with Crippen molar-refractivity contribution in [1.82, 2.24) is 10.2 Å². The molecule has 1 unspecified atom stereocenters. The highest BCUT2D eigenvalue weighted by molar-refractivity contribution is 7.16. The monoisotopic (exact) mass is 288 g/mol. The lowest BCUT2D eigenvalue weighted by molar-refractivity contribution is 0.237. The predicted molar refractivity (Wildman–Crippen MR) is 82.6 cm³/mol. The third-order valence-corrected chi connectivity index (χ3v) is 4.69. The molecular formula is C14H25ClN2S. The Bertz CT molecular complexity index is 336. The molecule has 104 valence electrons. The molecule has 0 bridgehead atoms. The van der Waals surface area contributed by atoms with Crippen LogP contribution in [0.15, 0.2) is 12.1 Å². The minimum Gasteiger partial charge on any atom is -0.312 e. The molecule has 18 heavy (non-hydrogen) atoms. The summed E-state index contributed by atoms with van der Waals surface area (Å²) in [6.45, 7) is 8.77. The average Bonchev–Trinajstić information content (AvgIpc) is 2.75. The van der Waals surface area contributed by atoms with E-state index in [9.17, 15) is 0 Å². The van der Waals surface area contributed by atoms with Crippen LogP contribution in [0.3, 0.4) is 0 Å². The number of thiophene rings is 1. The molecule has 0 aromatic carbocycles. The van der Waals surface area contributed by atoms with E-state index in [0.29, 0.717) is 12.1 Å². The van der Waals surface area contributed by atoms with Crippen molar-refractivity contribution >= 4 is 22.9 Å². The van der Waals surface area contributed by atoms with Crippen molar-refractivity contribution in [3.8, 4) is 0 Å². The molecule has 0 saturated carbocycles. The number of likely N-dealkylation sites (N-methyl/N-ethyl adjacent to an activating group) is 1. The van der Waals surface area contributed by atoms with E-state index < -0.39 is 0 Å². The second-order valence-corrected chi connectivity index (χ2v) is 6.69. The third kappa shape index (κ3) is 5.27. The summed E-state index contributed by atoms with van der Waals surface area (Å²) < 4.78 is 0.876. The summed E-state index contributed by atoms with van der Waals surface area (Å²) in [5, 5.41) is 3.63. The van der Waals surface area contributed by atoms with Crippen LogP contribution >= 0.6 is 22.9 Å². The highest BCUT2D eigenvalue weighted by Gasteiger charge is 2.12. The van der Waals surface area contributed by atoms with Gasteiger partial charge in [-0.3, -0.25) is 4.90 Å². The number of hydrogen-bond donors (Lipinski definition) is 1. The Balaban J connectivity index is 2.34. The minimum absolute atomic E-state index is 0.534. The van der Waals surface area contributed by atoms with Crippen LogP contribution in [0.4, 0.5) is 0 Å². The number of nitrogens with one attached hydrogen (secondary N) is 1. The first-order chi connectivity index (χ1) is 8.56. The molecule has 1 N–H and O–H groups in total. The van der Waals surface area contributed by atoms with Crippen LogP contribution in [-0.4, -0.2) is 30.6 Å². The van der Waals surface area contributed by atoms with Gasteiger partial charge in [-0.1, -0.05) is 25.4 Å². The molecule has 0 radical (unpaired) electrons. The van der Waals surface area contributed by atoms with Gasteiger partial charge in [-0.05, 0) is 38.9 Å². The van der Waals surface area contributed by atoms with E-state index in [0.717, 1.165) is 17.4 Å². The van der Waals surface area contributed by atoms with E-state index in [2.05, 4.69) is 44.1 Å². The van der Waals surface area contributed by atoms with Gasteiger partial charge in [-0.2, -0.15) is 0 Å². The summed E-state index contributed by atoms with van der Waals surface area (Å²) in [5.74, 6) is 0. The molecule has 0 spiro atoms. The van der Waals surface area contributed by atoms with E-state index in [4.69, 9.17) is 11.6 Å². The fraction of sp³-hybridized carbons (Fsp3) is 0.714. The summed E-state index contributed by atoms with van der Waals surface area (Å²) >= 11 is 7.62. The minimum atomic E-state index is 0.534. The molecule has 4 heteroatoms. The Morgan fingerprint density at radius 3 is 2.50 bits per heavy atom. The Hall–Kier alpha value is -0.0900. The number of hydrogen-bond acceptors (Lipinski definition) is 3. The van der Waals surface area contributed by atoms with Crippen LogP contribution in [0.2, 0.25) is 4.34 Å². The van der Waals surface area contributed by atoms with Crippen LogP contribution in [0, 0.1) is 0 Å². The molecule has 1 rings (SSSR count). The van der Waals surface area contributed by atoms with Crippen molar-refractivity contribution in [2.75, 3.05) is 13.6 Å². The topological polar surface area (TPSA) is 15.3 Å². The largest absolute Gasteiger partial charge is 0.312 e. The SMILES string of the molecule is CCC(CC)NCC(C)N(C)Cc1ccc(Cl)s1. The normalized spacial score (nSPS) is 13.5. The van der Waals surface area contributed by atoms with Crippen molar-refractivity contribution in [2.24, 2.45) is 0 Å². The highest BCUT2D eigenvalue weighted by atomic mass is 35.5. The standard InChI is InChI=1S/C14H25ClN2S/c1-5-12(6-2)16-9-11(3)17(4)10-13-7-8-14(15)18-13/h7-8,11-12,16H,5-6,9-10H2,1-4H3. The Morgan fingerprint density at radius 2 is 2.00 bits per heavy atom. The molecule has 0 aliphatic rings. The van der Waals surface area contributed by atoms with Crippen molar-refractivity contribution in [1.29, 1.82) is 0 Å². The fourth-order valence-corrected chi connectivity index (χ4v) is 3.06. The zero-order valence-corrected chi connectivity index (χ0v) is 13.4. The predicted octanol–water partition coefficient (Wildman–Crippen LogP) is 4.00. The maximum absolute atomic E-state index is 5.95. The van der Waals surface area contributed by atoms with E-state index in [1.807, 2.05) is 6.07 Å². The Labute approximate surface area is 120 Å². The molecule has 1 atom stereocenters. The van der Waals surface area contributed by atoms with E-state index in [1.165, 1.54) is 17.7 Å². The van der Waals surface area contributed by atoms with Crippen LogP contribution in [0.5, 0.6) is 0 Å². The lowest BCUT2D eigenvalue weighted by atomic mass is 10.1. The molecule has 0 fully saturated rings. The zero-order valence-electron chi connectivity index (χ0n) is 11.9. The zero-order chi connectivity index (χ0) is 13.5. The first-order valence-electron chi connectivity index (χ1n) is 6.74. The van der Waals surface area contributed by atoms with Crippen molar-refractivity contribution in [3.63, 3.8) is 0 Å². The van der Waals surface area contributed by atoms with Crippen molar-refractivity contribution in [3.05, 3.63) is 21.3 Å². The van der Waals surface area contributed by atoms with Gasteiger partial charge in [-0.25, -0.2) is 0 Å². The quantitative estimate of drug-likeness (QED) is 0.778. The lowest BCUT2D eigenvalue weighted by Gasteiger charge is -2.26. The Kier molecular flexibility index (Phi) is 7.23. The summed E-state index contributed by atoms with van der Waals surface area (Å²) in [6, 6.07) is 5.27. The summed E-state index contributed by atoms with van der Waals surface area (Å²) in [4.78, 5) is 3.70. The van der Waals surface area contributed by atoms with Gasteiger partial charge in [0.1, 0.15) is 0 Å². The highest BCUT2D eigenvalue weighted by Crippen LogP contribution is 2.22. The van der Waals surface area contributed by atoms with Gasteiger partial charge < -0.3 is 5.32 Å². The van der Waals surface area contributed by atoms with E-state index in [-0.39, 0.29) is 0 Å². The molecule has 1 aromatic heterocycles. The van der Waals surface area contributed by atoms with Crippen LogP contribution in [-0.2, 0) is 6.54 Å². The maximum atomic E-state index is 5.95. The molecule has 1 heterocycles. The van der Waals surface area contributed by atoms with Gasteiger partial charge >= 0.3 is 0 Å². The van der Waals surface area contributed by atoms with Gasteiger partial charge in [-0.15, -0.1) is 11.3 Å². The third-order valence-electron chi connectivity index (χ3n) is 3.47. The van der Waals surface area contributed by atoms with Gasteiger partial charge in [0.15, 0.2) is 0 Å². The van der Waals surface area contributed by atoms with Crippen LogP contribution < -0.4 is 5.32 Å². The average molecular weight is 289 g/mol. The van der Waals surface area contributed by atoms with Crippen molar-refractivity contribution in [2.45, 2.75) is 52.2 Å². The molecule has 0 saturated heterocycles. The summed E-state index contributed by atoms with van der Waals surface area (Å²) in [7, 11) is 2.17. The second kappa shape index (κ2) is 8.16.